The van der Waals surface area contributed by atoms with Gasteiger partial charge < -0.3 is 15.2 Å². The molecule has 10 nitrogen and oxygen atoms in total. The standard InChI is InChI=1S/C16H18N4O6/c1-8(20(23)24)12(9-4-5-10-11(6-9)26-7-25-10)13-14(17)18(2)16(22)19(3)15(13)21/h4-6,8,12H,7,17H2,1-3H3/t8-,12+/m1/s1. The van der Waals surface area contributed by atoms with Crippen molar-refractivity contribution in [3.63, 3.8) is 0 Å². The van der Waals surface area contributed by atoms with Crippen molar-refractivity contribution < 1.29 is 14.4 Å². The van der Waals surface area contributed by atoms with Gasteiger partial charge in [0.1, 0.15) is 5.82 Å². The summed E-state index contributed by atoms with van der Waals surface area (Å²) in [5.74, 6) is -0.120. The highest BCUT2D eigenvalue weighted by atomic mass is 16.7. The van der Waals surface area contributed by atoms with E-state index in [0.717, 1.165) is 9.13 Å². The lowest BCUT2D eigenvalue weighted by atomic mass is 9.86. The molecular weight excluding hydrogens is 344 g/mol. The fraction of sp³-hybridized carbons (Fsp3) is 0.375. The number of hydrogen-bond donors (Lipinski definition) is 1. The van der Waals surface area contributed by atoms with Crippen LogP contribution in [0.3, 0.4) is 0 Å². The molecule has 0 saturated heterocycles. The first-order valence-corrected chi connectivity index (χ1v) is 7.82. The Morgan fingerprint density at radius 1 is 1.19 bits per heavy atom. The summed E-state index contributed by atoms with van der Waals surface area (Å²) in [5.41, 5.74) is 5.22. The number of rotatable bonds is 4. The first kappa shape index (κ1) is 17.5. The van der Waals surface area contributed by atoms with E-state index in [1.165, 1.54) is 21.0 Å². The number of nitrogens with zero attached hydrogens (tertiary/aromatic N) is 3. The van der Waals surface area contributed by atoms with Gasteiger partial charge in [0.2, 0.25) is 12.8 Å². The van der Waals surface area contributed by atoms with E-state index in [4.69, 9.17) is 15.2 Å². The quantitative estimate of drug-likeness (QED) is 0.606. The van der Waals surface area contributed by atoms with E-state index >= 15 is 0 Å². The van der Waals surface area contributed by atoms with Gasteiger partial charge in [-0.3, -0.25) is 24.0 Å². The summed E-state index contributed by atoms with van der Waals surface area (Å²) in [6, 6.07) is 3.68. The normalized spacial score (nSPS) is 14.9. The smallest absolute Gasteiger partial charge is 0.332 e. The minimum absolute atomic E-state index is 0.00216. The van der Waals surface area contributed by atoms with Gasteiger partial charge in [-0.05, 0) is 17.7 Å². The lowest BCUT2D eigenvalue weighted by Gasteiger charge is -2.22. The molecule has 0 fully saturated rings. The van der Waals surface area contributed by atoms with Crippen molar-refractivity contribution in [2.75, 3.05) is 12.5 Å². The van der Waals surface area contributed by atoms with Crippen LogP contribution in [0.25, 0.3) is 0 Å². The van der Waals surface area contributed by atoms with Gasteiger partial charge in [0.05, 0.1) is 11.5 Å². The number of anilines is 1. The zero-order chi connectivity index (χ0) is 19.2. The van der Waals surface area contributed by atoms with Crippen molar-refractivity contribution in [3.8, 4) is 11.5 Å². The predicted molar refractivity (Wildman–Crippen MR) is 92.2 cm³/mol. The highest BCUT2D eigenvalue weighted by Gasteiger charge is 2.36. The molecule has 1 aliphatic rings. The number of aromatic nitrogens is 2. The first-order chi connectivity index (χ1) is 12.2. The molecule has 1 aliphatic heterocycles. The fourth-order valence-electron chi connectivity index (χ4n) is 3.09. The molecule has 26 heavy (non-hydrogen) atoms. The van der Waals surface area contributed by atoms with Crippen molar-refractivity contribution in [3.05, 3.63) is 60.3 Å². The average molecular weight is 362 g/mol. The topological polar surface area (TPSA) is 132 Å². The van der Waals surface area contributed by atoms with Gasteiger partial charge >= 0.3 is 5.69 Å². The molecular formula is C16H18N4O6. The third kappa shape index (κ3) is 2.59. The van der Waals surface area contributed by atoms with E-state index in [-0.39, 0.29) is 18.2 Å². The molecule has 0 radical (unpaired) electrons. The number of hydrogen-bond acceptors (Lipinski definition) is 7. The van der Waals surface area contributed by atoms with Crippen LogP contribution in [-0.2, 0) is 14.1 Å². The lowest BCUT2D eigenvalue weighted by molar-refractivity contribution is -0.520. The highest BCUT2D eigenvalue weighted by molar-refractivity contribution is 5.51. The highest BCUT2D eigenvalue weighted by Crippen LogP contribution is 2.38. The minimum Gasteiger partial charge on any atom is -0.454 e. The Bertz CT molecular complexity index is 1010. The summed E-state index contributed by atoms with van der Waals surface area (Å²) in [7, 11) is 2.72. The average Bonchev–Trinajstić information content (AvgIpc) is 3.09. The van der Waals surface area contributed by atoms with E-state index in [1.54, 1.807) is 18.2 Å². The molecule has 1 aromatic heterocycles. The van der Waals surface area contributed by atoms with Gasteiger partial charge in [0, 0.05) is 25.9 Å². The van der Waals surface area contributed by atoms with Crippen molar-refractivity contribution in [1.29, 1.82) is 0 Å². The SMILES string of the molecule is C[C@H]([C@@H](c1ccc2c(c1)OCO2)c1c(N)n(C)c(=O)n(C)c1=O)[N+](=O)[O-]. The number of fused-ring (bicyclic) bond motifs is 1. The van der Waals surface area contributed by atoms with Crippen molar-refractivity contribution in [2.24, 2.45) is 14.1 Å². The zero-order valence-electron chi connectivity index (χ0n) is 14.5. The van der Waals surface area contributed by atoms with Gasteiger partial charge in [0.25, 0.3) is 5.56 Å². The molecule has 0 saturated carbocycles. The van der Waals surface area contributed by atoms with E-state index in [2.05, 4.69) is 0 Å². The molecule has 0 unspecified atom stereocenters. The van der Waals surface area contributed by atoms with Crippen LogP contribution in [0, 0.1) is 10.1 Å². The van der Waals surface area contributed by atoms with Gasteiger partial charge in [-0.2, -0.15) is 0 Å². The van der Waals surface area contributed by atoms with Crippen molar-refractivity contribution in [2.45, 2.75) is 18.9 Å². The fourth-order valence-corrected chi connectivity index (χ4v) is 3.09. The van der Waals surface area contributed by atoms with Gasteiger partial charge in [-0.1, -0.05) is 6.07 Å². The molecule has 1 aromatic carbocycles. The predicted octanol–water partition coefficient (Wildman–Crippen LogP) is 0.192. The molecule has 2 atom stereocenters. The molecule has 10 heteroatoms. The maximum atomic E-state index is 12.7. The second-order valence-corrected chi connectivity index (χ2v) is 6.12. The van der Waals surface area contributed by atoms with Crippen molar-refractivity contribution >= 4 is 5.82 Å². The van der Waals surface area contributed by atoms with Crippen LogP contribution in [0.15, 0.2) is 27.8 Å². The molecule has 2 heterocycles. The van der Waals surface area contributed by atoms with Crippen LogP contribution < -0.4 is 26.5 Å². The zero-order valence-corrected chi connectivity index (χ0v) is 14.5. The second-order valence-electron chi connectivity index (χ2n) is 6.12. The molecule has 2 aromatic rings. The van der Waals surface area contributed by atoms with E-state index in [1.807, 2.05) is 0 Å². The van der Waals surface area contributed by atoms with Crippen LogP contribution >= 0.6 is 0 Å². The third-order valence-electron chi connectivity index (χ3n) is 4.63. The Morgan fingerprint density at radius 3 is 2.50 bits per heavy atom. The number of nitrogen functional groups attached to an aromatic ring is 1. The maximum absolute atomic E-state index is 12.7. The molecule has 0 spiro atoms. The minimum atomic E-state index is -1.16. The molecule has 0 amide bonds. The Balaban J connectivity index is 2.29. The van der Waals surface area contributed by atoms with Crippen LogP contribution in [0.2, 0.25) is 0 Å². The Kier molecular flexibility index (Phi) is 4.18. The largest absolute Gasteiger partial charge is 0.454 e. The van der Waals surface area contributed by atoms with Gasteiger partial charge in [-0.15, -0.1) is 0 Å². The van der Waals surface area contributed by atoms with E-state index in [0.29, 0.717) is 17.1 Å². The number of nitro groups is 1. The van der Waals surface area contributed by atoms with Crippen LogP contribution in [-0.4, -0.2) is 26.9 Å². The van der Waals surface area contributed by atoms with Crippen LogP contribution in [0.5, 0.6) is 11.5 Å². The number of ether oxygens (including phenoxy) is 2. The lowest BCUT2D eigenvalue weighted by Crippen LogP contribution is -2.43. The summed E-state index contributed by atoms with van der Waals surface area (Å²) in [6.45, 7) is 1.44. The molecule has 3 rings (SSSR count). The second kappa shape index (κ2) is 6.21. The maximum Gasteiger partial charge on any atom is 0.332 e. The van der Waals surface area contributed by atoms with Gasteiger partial charge in [-0.25, -0.2) is 4.79 Å². The molecule has 138 valence electrons. The summed E-state index contributed by atoms with van der Waals surface area (Å²) in [6.07, 6.45) is 0. The monoisotopic (exact) mass is 362 g/mol. The summed E-state index contributed by atoms with van der Waals surface area (Å²) < 4.78 is 12.6. The third-order valence-corrected chi connectivity index (χ3v) is 4.63. The van der Waals surface area contributed by atoms with Crippen molar-refractivity contribution in [1.82, 2.24) is 9.13 Å². The Hall–Kier alpha value is -3.30. The van der Waals surface area contributed by atoms with E-state index < -0.39 is 28.1 Å². The van der Waals surface area contributed by atoms with Crippen LogP contribution in [0.1, 0.15) is 24.0 Å². The summed E-state index contributed by atoms with van der Waals surface area (Å²) in [5, 5.41) is 11.5. The molecule has 2 N–H and O–H groups in total. The van der Waals surface area contributed by atoms with Crippen LogP contribution in [0.4, 0.5) is 5.82 Å². The summed E-state index contributed by atoms with van der Waals surface area (Å²) >= 11 is 0. The summed E-state index contributed by atoms with van der Waals surface area (Å²) in [4.78, 5) is 35.8. The molecule has 0 aliphatic carbocycles. The Morgan fingerprint density at radius 2 is 1.85 bits per heavy atom. The van der Waals surface area contributed by atoms with E-state index in [9.17, 15) is 19.7 Å². The van der Waals surface area contributed by atoms with Gasteiger partial charge in [0.15, 0.2) is 11.5 Å². The number of benzene rings is 1. The number of nitrogens with two attached hydrogens (primary N) is 1. The first-order valence-electron chi connectivity index (χ1n) is 7.82. The molecule has 0 bridgehead atoms. The Labute approximate surface area is 147 Å².